The third kappa shape index (κ3) is 1.98. The van der Waals surface area contributed by atoms with Crippen LogP contribution in [0.15, 0.2) is 0 Å². The van der Waals surface area contributed by atoms with Crippen LogP contribution in [0, 0.1) is 5.92 Å². The average molecular weight is 215 g/mol. The number of hydrogen-bond acceptors (Lipinski definition) is 1. The van der Waals surface area contributed by atoms with Crippen molar-refractivity contribution in [1.29, 1.82) is 0 Å². The Balaban J connectivity index is 2.06. The van der Waals surface area contributed by atoms with E-state index < -0.39 is 0 Å². The van der Waals surface area contributed by atoms with Crippen LogP contribution < -0.4 is 0 Å². The van der Waals surface area contributed by atoms with Crippen LogP contribution in [0.25, 0.3) is 0 Å². The van der Waals surface area contributed by atoms with Crippen LogP contribution in [-0.4, -0.2) is 10.7 Å². The first-order valence-electron chi connectivity index (χ1n) is 5.94. The van der Waals surface area contributed by atoms with E-state index in [0.29, 0.717) is 5.78 Å². The lowest BCUT2D eigenvalue weighted by molar-refractivity contribution is -0.126. The van der Waals surface area contributed by atoms with Crippen molar-refractivity contribution >= 4 is 17.4 Å². The Labute approximate surface area is 91.2 Å². The maximum Gasteiger partial charge on any atom is 0.137 e. The third-order valence-corrected chi connectivity index (χ3v) is 4.51. The number of hydrogen-bond donors (Lipinski definition) is 0. The fraction of sp³-hybridized carbons (Fsp3) is 0.917. The van der Waals surface area contributed by atoms with Crippen molar-refractivity contribution in [2.75, 3.05) is 0 Å². The number of carbonyl (C=O) groups excluding carboxylic acids is 1. The molecule has 2 saturated carbocycles. The Bertz CT molecular complexity index is 218. The molecule has 2 heteroatoms. The minimum absolute atomic E-state index is 0.157. The maximum atomic E-state index is 11.8. The molecule has 0 heterocycles. The number of ketones is 1. The van der Waals surface area contributed by atoms with Gasteiger partial charge in [0.15, 0.2) is 0 Å². The van der Waals surface area contributed by atoms with E-state index in [1.165, 1.54) is 25.7 Å². The monoisotopic (exact) mass is 214 g/mol. The molecule has 1 nitrogen and oxygen atoms in total. The van der Waals surface area contributed by atoms with Crippen LogP contribution in [0.5, 0.6) is 0 Å². The largest absolute Gasteiger partial charge is 0.299 e. The van der Waals surface area contributed by atoms with Crippen molar-refractivity contribution in [2.45, 2.75) is 62.7 Å². The molecule has 0 bridgehead atoms. The first kappa shape index (κ1) is 10.5. The van der Waals surface area contributed by atoms with E-state index >= 15 is 0 Å². The minimum Gasteiger partial charge on any atom is -0.299 e. The summed E-state index contributed by atoms with van der Waals surface area (Å²) in [5.41, 5.74) is 0. The van der Waals surface area contributed by atoms with Crippen LogP contribution in [0.3, 0.4) is 0 Å². The van der Waals surface area contributed by atoms with Crippen molar-refractivity contribution in [3.63, 3.8) is 0 Å². The number of rotatable bonds is 1. The number of halogens is 1. The topological polar surface area (TPSA) is 17.1 Å². The zero-order valence-electron chi connectivity index (χ0n) is 8.73. The first-order valence-corrected chi connectivity index (χ1v) is 6.32. The van der Waals surface area contributed by atoms with Crippen LogP contribution in [0.4, 0.5) is 0 Å². The summed E-state index contributed by atoms with van der Waals surface area (Å²) in [7, 11) is 0. The molecule has 0 radical (unpaired) electrons. The predicted octanol–water partition coefficient (Wildman–Crippen LogP) is 3.69. The van der Waals surface area contributed by atoms with Gasteiger partial charge in [0.05, 0.1) is 4.87 Å². The molecule has 2 fully saturated rings. The molecule has 0 N–H and O–H groups in total. The van der Waals surface area contributed by atoms with Gasteiger partial charge < -0.3 is 0 Å². The second-order valence-corrected chi connectivity index (χ2v) is 5.61. The fourth-order valence-corrected chi connectivity index (χ4v) is 3.52. The molecule has 1 unspecified atom stereocenters. The molecule has 80 valence electrons. The normalized spacial score (nSPS) is 32.9. The molecular formula is C12H19ClO. The summed E-state index contributed by atoms with van der Waals surface area (Å²) in [6.45, 7) is 0. The zero-order chi connectivity index (χ0) is 10.0. The van der Waals surface area contributed by atoms with E-state index in [1.807, 2.05) is 0 Å². The highest BCUT2D eigenvalue weighted by atomic mass is 35.5. The molecule has 2 aliphatic rings. The minimum atomic E-state index is -0.157. The van der Waals surface area contributed by atoms with Gasteiger partial charge in [0, 0.05) is 12.3 Å². The van der Waals surface area contributed by atoms with E-state index in [0.717, 1.165) is 32.1 Å². The molecule has 0 aromatic rings. The smallest absolute Gasteiger partial charge is 0.137 e. The standard InChI is InChI=1S/C12H19ClO/c13-12(8-4-1-5-9-12)10-6-2-3-7-11(10)14/h10H,1-9H2. The molecule has 0 aromatic heterocycles. The molecule has 0 spiro atoms. The Morgan fingerprint density at radius 3 is 2.43 bits per heavy atom. The Kier molecular flexibility index (Phi) is 3.16. The molecule has 0 amide bonds. The molecule has 0 aromatic carbocycles. The Hall–Kier alpha value is -0.0400. The predicted molar refractivity (Wildman–Crippen MR) is 58.6 cm³/mol. The fourth-order valence-electron chi connectivity index (χ4n) is 3.02. The Morgan fingerprint density at radius 1 is 1.07 bits per heavy atom. The average Bonchev–Trinajstić information content (AvgIpc) is 2.19. The number of alkyl halides is 1. The second-order valence-electron chi connectivity index (χ2n) is 4.86. The molecule has 0 saturated heterocycles. The quantitative estimate of drug-likeness (QED) is 0.609. The molecular weight excluding hydrogens is 196 g/mol. The maximum absolute atomic E-state index is 11.8. The lowest BCUT2D eigenvalue weighted by Crippen LogP contribution is -2.40. The van der Waals surface area contributed by atoms with Crippen LogP contribution in [0.1, 0.15) is 57.8 Å². The highest BCUT2D eigenvalue weighted by Gasteiger charge is 2.42. The highest BCUT2D eigenvalue weighted by Crippen LogP contribution is 2.44. The summed E-state index contributed by atoms with van der Waals surface area (Å²) in [6, 6.07) is 0. The van der Waals surface area contributed by atoms with Crippen LogP contribution >= 0.6 is 11.6 Å². The van der Waals surface area contributed by atoms with Crippen LogP contribution in [-0.2, 0) is 4.79 Å². The lowest BCUT2D eigenvalue weighted by Gasteiger charge is -2.39. The van der Waals surface area contributed by atoms with Gasteiger partial charge in [0.1, 0.15) is 5.78 Å². The first-order chi connectivity index (χ1) is 6.72. The van der Waals surface area contributed by atoms with Gasteiger partial charge in [-0.3, -0.25) is 4.79 Å². The molecule has 14 heavy (non-hydrogen) atoms. The Morgan fingerprint density at radius 2 is 1.79 bits per heavy atom. The van der Waals surface area contributed by atoms with Gasteiger partial charge in [-0.05, 0) is 25.7 Å². The summed E-state index contributed by atoms with van der Waals surface area (Å²) in [5.74, 6) is 0.617. The summed E-state index contributed by atoms with van der Waals surface area (Å²) in [4.78, 5) is 11.7. The highest BCUT2D eigenvalue weighted by molar-refractivity contribution is 6.25. The van der Waals surface area contributed by atoms with E-state index in [-0.39, 0.29) is 10.8 Å². The SMILES string of the molecule is O=C1CCCCC1C1(Cl)CCCCC1. The summed E-state index contributed by atoms with van der Waals surface area (Å²) in [5, 5.41) is 0. The van der Waals surface area contributed by atoms with E-state index in [2.05, 4.69) is 0 Å². The van der Waals surface area contributed by atoms with Gasteiger partial charge in [-0.1, -0.05) is 25.7 Å². The van der Waals surface area contributed by atoms with Crippen molar-refractivity contribution in [3.05, 3.63) is 0 Å². The molecule has 0 aliphatic heterocycles. The van der Waals surface area contributed by atoms with Crippen LogP contribution in [0.2, 0.25) is 0 Å². The second kappa shape index (κ2) is 4.22. The molecule has 2 aliphatic carbocycles. The lowest BCUT2D eigenvalue weighted by atomic mass is 9.72. The summed E-state index contributed by atoms with van der Waals surface area (Å²) in [6.07, 6.45) is 9.96. The van der Waals surface area contributed by atoms with Crippen molar-refractivity contribution < 1.29 is 4.79 Å². The van der Waals surface area contributed by atoms with Gasteiger partial charge in [0.25, 0.3) is 0 Å². The zero-order valence-corrected chi connectivity index (χ0v) is 9.48. The summed E-state index contributed by atoms with van der Waals surface area (Å²) >= 11 is 6.63. The number of Topliss-reactive ketones (excluding diaryl/α,β-unsaturated/α-hetero) is 1. The van der Waals surface area contributed by atoms with Gasteiger partial charge in [-0.2, -0.15) is 0 Å². The number of carbonyl (C=O) groups is 1. The third-order valence-electron chi connectivity index (χ3n) is 3.86. The summed E-state index contributed by atoms with van der Waals surface area (Å²) < 4.78 is 0. The van der Waals surface area contributed by atoms with Crippen molar-refractivity contribution in [1.82, 2.24) is 0 Å². The molecule has 2 rings (SSSR count). The van der Waals surface area contributed by atoms with Gasteiger partial charge >= 0.3 is 0 Å². The van der Waals surface area contributed by atoms with E-state index in [9.17, 15) is 4.79 Å². The van der Waals surface area contributed by atoms with Crippen molar-refractivity contribution in [3.8, 4) is 0 Å². The van der Waals surface area contributed by atoms with Gasteiger partial charge in [-0.15, -0.1) is 11.6 Å². The molecule has 1 atom stereocenters. The van der Waals surface area contributed by atoms with E-state index in [1.54, 1.807) is 0 Å². The van der Waals surface area contributed by atoms with Gasteiger partial charge in [0.2, 0.25) is 0 Å². The van der Waals surface area contributed by atoms with Crippen molar-refractivity contribution in [2.24, 2.45) is 5.92 Å². The van der Waals surface area contributed by atoms with E-state index in [4.69, 9.17) is 11.6 Å². The van der Waals surface area contributed by atoms with Gasteiger partial charge in [-0.25, -0.2) is 0 Å².